The summed E-state index contributed by atoms with van der Waals surface area (Å²) in [4.78, 5) is 30.4. The van der Waals surface area contributed by atoms with Crippen LogP contribution in [0, 0.1) is 12.3 Å². The van der Waals surface area contributed by atoms with Crippen LogP contribution in [0.2, 0.25) is 0 Å². The Morgan fingerprint density at radius 2 is 1.94 bits per heavy atom. The van der Waals surface area contributed by atoms with E-state index >= 15 is 0 Å². The molecule has 0 atom stereocenters. The van der Waals surface area contributed by atoms with E-state index in [0.717, 1.165) is 11.3 Å². The number of rotatable bonds is 8. The van der Waals surface area contributed by atoms with Crippen LogP contribution in [-0.4, -0.2) is 30.4 Å². The van der Waals surface area contributed by atoms with Crippen LogP contribution in [-0.2, 0) is 16.2 Å². The van der Waals surface area contributed by atoms with Crippen molar-refractivity contribution >= 4 is 23.6 Å². The van der Waals surface area contributed by atoms with E-state index in [-0.39, 0.29) is 18.4 Å². The lowest BCUT2D eigenvalue weighted by Crippen LogP contribution is -2.39. The SMILES string of the molecule is C#Cc1cccc(N(CC(=O)NC)C(=O)/C=C/c2ccc(OCc3ccccn3)cc2)c1. The molecule has 1 aromatic heterocycles. The second-order valence-electron chi connectivity index (χ2n) is 6.80. The van der Waals surface area contributed by atoms with Crippen molar-refractivity contribution in [1.29, 1.82) is 0 Å². The maximum atomic E-state index is 12.9. The van der Waals surface area contributed by atoms with Gasteiger partial charge in [0.05, 0.1) is 5.69 Å². The summed E-state index contributed by atoms with van der Waals surface area (Å²) in [7, 11) is 1.52. The van der Waals surface area contributed by atoms with Gasteiger partial charge in [-0.3, -0.25) is 19.5 Å². The number of hydrogen-bond acceptors (Lipinski definition) is 4. The number of nitrogens with zero attached hydrogens (tertiary/aromatic N) is 2. The standard InChI is InChI=1S/C26H23N3O3/c1-3-20-7-6-9-23(17-20)29(18-25(30)27-2)26(31)15-12-21-10-13-24(14-11-21)32-19-22-8-4-5-16-28-22/h1,4-17H,18-19H2,2H3,(H,27,30)/b15-12+. The summed E-state index contributed by atoms with van der Waals surface area (Å²) in [6, 6.07) is 20.0. The highest BCUT2D eigenvalue weighted by Crippen LogP contribution is 2.18. The van der Waals surface area contributed by atoms with Crippen molar-refractivity contribution in [3.63, 3.8) is 0 Å². The summed E-state index contributed by atoms with van der Waals surface area (Å²) in [5, 5.41) is 2.54. The molecular weight excluding hydrogens is 402 g/mol. The Morgan fingerprint density at radius 3 is 2.62 bits per heavy atom. The molecule has 1 heterocycles. The van der Waals surface area contributed by atoms with E-state index in [2.05, 4.69) is 16.2 Å². The molecule has 0 radical (unpaired) electrons. The Kier molecular flexibility index (Phi) is 7.77. The predicted octanol–water partition coefficient (Wildman–Crippen LogP) is 3.43. The van der Waals surface area contributed by atoms with Crippen molar-refractivity contribution < 1.29 is 14.3 Å². The zero-order valence-corrected chi connectivity index (χ0v) is 17.7. The smallest absolute Gasteiger partial charge is 0.251 e. The normalized spacial score (nSPS) is 10.4. The number of pyridine rings is 1. The van der Waals surface area contributed by atoms with Gasteiger partial charge >= 0.3 is 0 Å². The second-order valence-corrected chi connectivity index (χ2v) is 6.80. The number of carbonyl (C=O) groups excluding carboxylic acids is 2. The highest BCUT2D eigenvalue weighted by molar-refractivity contribution is 6.06. The highest BCUT2D eigenvalue weighted by atomic mass is 16.5. The van der Waals surface area contributed by atoms with Gasteiger partial charge in [0.2, 0.25) is 5.91 Å². The number of ether oxygens (including phenoxy) is 1. The summed E-state index contributed by atoms with van der Waals surface area (Å²) < 4.78 is 5.72. The fourth-order valence-corrected chi connectivity index (χ4v) is 2.86. The van der Waals surface area contributed by atoms with Crippen molar-refractivity contribution in [2.45, 2.75) is 6.61 Å². The molecule has 1 N–H and O–H groups in total. The first-order valence-electron chi connectivity index (χ1n) is 9.98. The number of hydrogen-bond donors (Lipinski definition) is 1. The van der Waals surface area contributed by atoms with Gasteiger partial charge in [0.15, 0.2) is 0 Å². The van der Waals surface area contributed by atoms with Gasteiger partial charge in [0.1, 0.15) is 18.9 Å². The van der Waals surface area contributed by atoms with E-state index in [4.69, 9.17) is 11.2 Å². The zero-order chi connectivity index (χ0) is 22.8. The van der Waals surface area contributed by atoms with Crippen LogP contribution in [0.25, 0.3) is 6.08 Å². The largest absolute Gasteiger partial charge is 0.487 e. The first-order chi connectivity index (χ1) is 15.6. The third kappa shape index (κ3) is 6.31. The Hall–Kier alpha value is -4.37. The van der Waals surface area contributed by atoms with Gasteiger partial charge in [-0.25, -0.2) is 0 Å². The van der Waals surface area contributed by atoms with E-state index in [9.17, 15) is 9.59 Å². The molecule has 0 aliphatic heterocycles. The third-order valence-electron chi connectivity index (χ3n) is 4.58. The van der Waals surface area contributed by atoms with Crippen molar-refractivity contribution in [2.75, 3.05) is 18.5 Å². The van der Waals surface area contributed by atoms with Gasteiger partial charge in [-0.05, 0) is 54.1 Å². The molecule has 0 saturated heterocycles. The summed E-state index contributed by atoms with van der Waals surface area (Å²) in [5.74, 6) is 2.62. The summed E-state index contributed by atoms with van der Waals surface area (Å²) in [5.41, 5.74) is 2.84. The Morgan fingerprint density at radius 1 is 1.12 bits per heavy atom. The molecule has 3 rings (SSSR count). The van der Waals surface area contributed by atoms with Gasteiger partial charge in [0, 0.05) is 30.6 Å². The predicted molar refractivity (Wildman–Crippen MR) is 125 cm³/mol. The van der Waals surface area contributed by atoms with E-state index in [1.807, 2.05) is 42.5 Å². The van der Waals surface area contributed by atoms with Crippen LogP contribution in [0.4, 0.5) is 5.69 Å². The van der Waals surface area contributed by atoms with Crippen LogP contribution in [0.15, 0.2) is 79.0 Å². The molecule has 3 aromatic rings. The molecule has 0 unspecified atom stereocenters. The summed E-state index contributed by atoms with van der Waals surface area (Å²) in [6.07, 6.45) is 10.3. The highest BCUT2D eigenvalue weighted by Gasteiger charge is 2.17. The summed E-state index contributed by atoms with van der Waals surface area (Å²) in [6.45, 7) is 0.258. The number of amides is 2. The van der Waals surface area contributed by atoms with Crippen molar-refractivity contribution in [3.05, 3.63) is 95.8 Å². The number of terminal acetylenes is 1. The lowest BCUT2D eigenvalue weighted by Gasteiger charge is -2.20. The van der Waals surface area contributed by atoms with Crippen LogP contribution in [0.1, 0.15) is 16.8 Å². The minimum absolute atomic E-state index is 0.117. The minimum Gasteiger partial charge on any atom is -0.487 e. The molecule has 2 amide bonds. The fourth-order valence-electron chi connectivity index (χ4n) is 2.86. The van der Waals surface area contributed by atoms with Crippen molar-refractivity contribution in [1.82, 2.24) is 10.3 Å². The van der Waals surface area contributed by atoms with Gasteiger partial charge in [-0.2, -0.15) is 0 Å². The molecule has 0 aliphatic carbocycles. The first-order valence-corrected chi connectivity index (χ1v) is 9.98. The van der Waals surface area contributed by atoms with Crippen molar-refractivity contribution in [3.8, 4) is 18.1 Å². The van der Waals surface area contributed by atoms with Crippen LogP contribution in [0.3, 0.4) is 0 Å². The monoisotopic (exact) mass is 425 g/mol. The Bertz CT molecular complexity index is 1130. The number of anilines is 1. The summed E-state index contributed by atoms with van der Waals surface area (Å²) >= 11 is 0. The molecule has 0 aliphatic rings. The van der Waals surface area contributed by atoms with Gasteiger partial charge in [-0.15, -0.1) is 6.42 Å². The molecule has 6 heteroatoms. The maximum absolute atomic E-state index is 12.9. The molecule has 32 heavy (non-hydrogen) atoms. The molecule has 160 valence electrons. The molecular formula is C26H23N3O3. The van der Waals surface area contributed by atoms with Crippen LogP contribution in [0.5, 0.6) is 5.75 Å². The minimum atomic E-state index is -0.335. The van der Waals surface area contributed by atoms with E-state index in [0.29, 0.717) is 23.6 Å². The van der Waals surface area contributed by atoms with Crippen molar-refractivity contribution in [2.24, 2.45) is 0 Å². The number of likely N-dealkylation sites (N-methyl/N-ethyl adjacent to an activating group) is 1. The number of nitrogens with one attached hydrogen (secondary N) is 1. The quantitative estimate of drug-likeness (QED) is 0.443. The van der Waals surface area contributed by atoms with Crippen LogP contribution < -0.4 is 15.0 Å². The first kappa shape index (κ1) is 22.3. The average molecular weight is 425 g/mol. The number of carbonyl (C=O) groups is 2. The number of benzene rings is 2. The maximum Gasteiger partial charge on any atom is 0.251 e. The molecule has 0 spiro atoms. The van der Waals surface area contributed by atoms with E-state index in [1.54, 1.807) is 36.5 Å². The van der Waals surface area contributed by atoms with Crippen LogP contribution >= 0.6 is 0 Å². The topological polar surface area (TPSA) is 71.5 Å². The Balaban J connectivity index is 1.68. The van der Waals surface area contributed by atoms with E-state index in [1.165, 1.54) is 18.0 Å². The molecule has 6 nitrogen and oxygen atoms in total. The Labute approximate surface area is 187 Å². The molecule has 2 aromatic carbocycles. The molecule has 0 fully saturated rings. The molecule has 0 saturated carbocycles. The molecule has 0 bridgehead atoms. The lowest BCUT2D eigenvalue weighted by atomic mass is 10.1. The average Bonchev–Trinajstić information content (AvgIpc) is 2.85. The van der Waals surface area contributed by atoms with Gasteiger partial charge in [0.25, 0.3) is 5.91 Å². The van der Waals surface area contributed by atoms with Gasteiger partial charge in [-0.1, -0.05) is 30.2 Å². The fraction of sp³-hybridized carbons (Fsp3) is 0.115. The second kappa shape index (κ2) is 11.1. The zero-order valence-electron chi connectivity index (χ0n) is 17.7. The lowest BCUT2D eigenvalue weighted by molar-refractivity contribution is -0.121. The van der Waals surface area contributed by atoms with Gasteiger partial charge < -0.3 is 10.1 Å². The third-order valence-corrected chi connectivity index (χ3v) is 4.58. The number of aromatic nitrogens is 1. The van der Waals surface area contributed by atoms with E-state index < -0.39 is 0 Å².